The summed E-state index contributed by atoms with van der Waals surface area (Å²) in [6.07, 6.45) is -5.27. The molecular formula is C20H20F4N2O5S. The minimum absolute atomic E-state index is 0.336. The van der Waals surface area contributed by atoms with Crippen LogP contribution in [0.5, 0.6) is 0 Å². The Labute approximate surface area is 181 Å². The molecule has 2 atom stereocenters. The van der Waals surface area contributed by atoms with E-state index in [0.29, 0.717) is 11.6 Å². The molecule has 2 rings (SSSR count). The van der Waals surface area contributed by atoms with E-state index in [0.717, 1.165) is 44.4 Å². The minimum Gasteiger partial charge on any atom is -0.469 e. The maximum atomic E-state index is 13.2. The molecule has 0 spiro atoms. The van der Waals surface area contributed by atoms with Crippen LogP contribution in [0.3, 0.4) is 0 Å². The fourth-order valence-electron chi connectivity index (χ4n) is 2.78. The Hall–Kier alpha value is -2.99. The maximum absolute atomic E-state index is 13.2. The van der Waals surface area contributed by atoms with E-state index in [2.05, 4.69) is 10.1 Å². The number of ether oxygens (including phenoxy) is 1. The van der Waals surface area contributed by atoms with Gasteiger partial charge in [0.1, 0.15) is 5.82 Å². The summed E-state index contributed by atoms with van der Waals surface area (Å²) >= 11 is 0. The molecule has 1 unspecified atom stereocenters. The van der Waals surface area contributed by atoms with Crippen molar-refractivity contribution in [3.05, 3.63) is 65.5 Å². The molecule has 2 aromatic rings. The Morgan fingerprint density at radius 3 is 2.22 bits per heavy atom. The zero-order chi connectivity index (χ0) is 24.1. The third kappa shape index (κ3) is 6.50. The van der Waals surface area contributed by atoms with Crippen LogP contribution in [-0.4, -0.2) is 33.4 Å². The van der Waals surface area contributed by atoms with Gasteiger partial charge in [0.05, 0.1) is 36.1 Å². The van der Waals surface area contributed by atoms with Gasteiger partial charge in [-0.3, -0.25) is 9.59 Å². The Morgan fingerprint density at radius 2 is 1.66 bits per heavy atom. The van der Waals surface area contributed by atoms with Crippen molar-refractivity contribution < 1.29 is 40.3 Å². The molecule has 0 heterocycles. The number of alkyl halides is 3. The van der Waals surface area contributed by atoms with Crippen LogP contribution in [0.25, 0.3) is 0 Å². The first kappa shape index (κ1) is 25.3. The van der Waals surface area contributed by atoms with Crippen LogP contribution in [0, 0.1) is 5.82 Å². The monoisotopic (exact) mass is 476 g/mol. The molecular weight excluding hydrogens is 456 g/mol. The van der Waals surface area contributed by atoms with E-state index in [4.69, 9.17) is 0 Å². The smallest absolute Gasteiger partial charge is 0.417 e. The van der Waals surface area contributed by atoms with E-state index >= 15 is 0 Å². The second-order valence-corrected chi connectivity index (χ2v) is 8.41. The molecule has 12 heteroatoms. The number of rotatable bonds is 8. The number of benzene rings is 2. The summed E-state index contributed by atoms with van der Waals surface area (Å²) in [4.78, 5) is 23.2. The topological polar surface area (TPSA) is 102 Å². The second-order valence-electron chi connectivity index (χ2n) is 6.73. The third-order valence-corrected chi connectivity index (χ3v) is 5.99. The average molecular weight is 476 g/mol. The van der Waals surface area contributed by atoms with Gasteiger partial charge in [-0.2, -0.15) is 17.9 Å². The second kappa shape index (κ2) is 10.1. The molecule has 32 heavy (non-hydrogen) atoms. The first-order chi connectivity index (χ1) is 14.8. The van der Waals surface area contributed by atoms with E-state index < -0.39 is 56.4 Å². The van der Waals surface area contributed by atoms with Crippen LogP contribution < -0.4 is 10.0 Å². The summed E-state index contributed by atoms with van der Waals surface area (Å²) < 4.78 is 84.2. The van der Waals surface area contributed by atoms with Crippen LogP contribution in [-0.2, 0) is 30.5 Å². The standard InChI is InChI=1S/C20H20F4N2O5S/c1-12(26-32(29,30)17-6-4-3-5-15(17)20(22,23)24)19(28)25-16(11-18(27)31-2)13-7-9-14(21)10-8-13/h3-10,12,16,26H,11H2,1-2H3,(H,25,28)/t12-,16?/m0/s1. The highest BCUT2D eigenvalue weighted by Crippen LogP contribution is 2.34. The molecule has 7 nitrogen and oxygen atoms in total. The summed E-state index contributed by atoms with van der Waals surface area (Å²) in [5, 5.41) is 2.43. The number of hydrogen-bond acceptors (Lipinski definition) is 5. The fourth-order valence-corrected chi connectivity index (χ4v) is 4.21. The van der Waals surface area contributed by atoms with Crippen LogP contribution in [0.15, 0.2) is 53.4 Å². The molecule has 0 aromatic heterocycles. The molecule has 0 saturated carbocycles. The number of nitrogens with one attached hydrogen (secondary N) is 2. The molecule has 0 aliphatic carbocycles. The Balaban J connectivity index is 2.23. The number of hydrogen-bond donors (Lipinski definition) is 2. The zero-order valence-electron chi connectivity index (χ0n) is 16.9. The third-order valence-electron chi connectivity index (χ3n) is 4.39. The number of carbonyl (C=O) groups is 2. The first-order valence-electron chi connectivity index (χ1n) is 9.16. The molecule has 2 aromatic carbocycles. The van der Waals surface area contributed by atoms with E-state index in [-0.39, 0.29) is 6.42 Å². The quantitative estimate of drug-likeness (QED) is 0.451. The maximum Gasteiger partial charge on any atom is 0.417 e. The molecule has 0 aliphatic heterocycles. The van der Waals surface area contributed by atoms with Gasteiger partial charge >= 0.3 is 12.1 Å². The van der Waals surface area contributed by atoms with Crippen molar-refractivity contribution in [3.63, 3.8) is 0 Å². The summed E-state index contributed by atoms with van der Waals surface area (Å²) in [5.41, 5.74) is -1.04. The summed E-state index contributed by atoms with van der Waals surface area (Å²) in [7, 11) is -3.60. The molecule has 0 aliphatic rings. The van der Waals surface area contributed by atoms with Crippen molar-refractivity contribution in [1.29, 1.82) is 0 Å². The Bertz CT molecular complexity index is 1070. The van der Waals surface area contributed by atoms with E-state index in [1.807, 2.05) is 4.72 Å². The van der Waals surface area contributed by atoms with Gasteiger partial charge in [0.25, 0.3) is 0 Å². The predicted molar refractivity (Wildman–Crippen MR) is 105 cm³/mol. The summed E-state index contributed by atoms with van der Waals surface area (Å²) in [6.45, 7) is 1.13. The van der Waals surface area contributed by atoms with Gasteiger partial charge in [-0.05, 0) is 36.8 Å². The van der Waals surface area contributed by atoms with Crippen molar-refractivity contribution in [2.75, 3.05) is 7.11 Å². The van der Waals surface area contributed by atoms with Crippen molar-refractivity contribution in [1.82, 2.24) is 10.0 Å². The first-order valence-corrected chi connectivity index (χ1v) is 10.6. The fraction of sp³-hybridized carbons (Fsp3) is 0.300. The number of methoxy groups -OCH3 is 1. The SMILES string of the molecule is COC(=O)CC(NC(=O)[C@H](C)NS(=O)(=O)c1ccccc1C(F)(F)F)c1ccc(F)cc1. The Kier molecular flexibility index (Phi) is 7.97. The summed E-state index contributed by atoms with van der Waals surface area (Å²) in [6, 6.07) is 5.89. The summed E-state index contributed by atoms with van der Waals surface area (Å²) in [5.74, 6) is -2.18. The van der Waals surface area contributed by atoms with Gasteiger partial charge < -0.3 is 10.1 Å². The van der Waals surface area contributed by atoms with Crippen molar-refractivity contribution >= 4 is 21.9 Å². The van der Waals surface area contributed by atoms with Gasteiger partial charge in [-0.15, -0.1) is 0 Å². The number of halogens is 4. The van der Waals surface area contributed by atoms with Gasteiger partial charge in [0.2, 0.25) is 15.9 Å². The molecule has 0 saturated heterocycles. The molecule has 0 bridgehead atoms. The van der Waals surface area contributed by atoms with Crippen molar-refractivity contribution in [2.24, 2.45) is 0 Å². The highest BCUT2D eigenvalue weighted by atomic mass is 32.2. The Morgan fingerprint density at radius 1 is 1.06 bits per heavy atom. The predicted octanol–water partition coefficient (Wildman–Crippen LogP) is 2.93. The van der Waals surface area contributed by atoms with E-state index in [9.17, 15) is 35.6 Å². The average Bonchev–Trinajstić information content (AvgIpc) is 2.72. The highest BCUT2D eigenvalue weighted by Gasteiger charge is 2.37. The van der Waals surface area contributed by atoms with Crippen LogP contribution in [0.2, 0.25) is 0 Å². The largest absolute Gasteiger partial charge is 0.469 e. The minimum atomic E-state index is -4.93. The number of amides is 1. The molecule has 0 fully saturated rings. The van der Waals surface area contributed by atoms with Gasteiger partial charge in [0, 0.05) is 0 Å². The molecule has 1 amide bonds. The van der Waals surface area contributed by atoms with Crippen LogP contribution >= 0.6 is 0 Å². The normalized spacial score (nSPS) is 13.8. The highest BCUT2D eigenvalue weighted by molar-refractivity contribution is 7.89. The lowest BCUT2D eigenvalue weighted by molar-refractivity contribution is -0.141. The molecule has 2 N–H and O–H groups in total. The van der Waals surface area contributed by atoms with Crippen molar-refractivity contribution in [2.45, 2.75) is 36.5 Å². The van der Waals surface area contributed by atoms with E-state index in [1.165, 1.54) is 12.1 Å². The lowest BCUT2D eigenvalue weighted by atomic mass is 10.0. The van der Waals surface area contributed by atoms with Crippen molar-refractivity contribution in [3.8, 4) is 0 Å². The molecule has 0 radical (unpaired) electrons. The van der Waals surface area contributed by atoms with Gasteiger partial charge in [-0.25, -0.2) is 12.8 Å². The van der Waals surface area contributed by atoms with Crippen LogP contribution in [0.1, 0.15) is 30.5 Å². The number of sulfonamides is 1. The number of esters is 1. The lowest BCUT2D eigenvalue weighted by Crippen LogP contribution is -2.46. The zero-order valence-corrected chi connectivity index (χ0v) is 17.8. The van der Waals surface area contributed by atoms with Gasteiger partial charge in [0.15, 0.2) is 0 Å². The van der Waals surface area contributed by atoms with E-state index in [1.54, 1.807) is 0 Å². The molecule has 174 valence electrons. The lowest BCUT2D eigenvalue weighted by Gasteiger charge is -2.22. The number of carbonyl (C=O) groups excluding carboxylic acids is 2. The van der Waals surface area contributed by atoms with Gasteiger partial charge in [-0.1, -0.05) is 24.3 Å². The van der Waals surface area contributed by atoms with Crippen LogP contribution in [0.4, 0.5) is 17.6 Å².